The highest BCUT2D eigenvalue weighted by atomic mass is 19.1. The normalized spacial score (nSPS) is 15.7. The molecule has 0 saturated carbocycles. The van der Waals surface area contributed by atoms with E-state index in [9.17, 15) is 14.0 Å². The zero-order chi connectivity index (χ0) is 20.0. The molecule has 5 nitrogen and oxygen atoms in total. The van der Waals surface area contributed by atoms with Crippen molar-refractivity contribution in [1.29, 1.82) is 0 Å². The molecule has 1 aliphatic rings. The third kappa shape index (κ3) is 2.81. The molecule has 1 aliphatic heterocycles. The maximum Gasteiger partial charge on any atom is 0.291 e. The minimum Gasteiger partial charge on any atom is -0.450 e. The van der Waals surface area contributed by atoms with Crippen LogP contribution in [0, 0.1) is 5.82 Å². The van der Waals surface area contributed by atoms with Crippen molar-refractivity contribution in [3.8, 4) is 0 Å². The van der Waals surface area contributed by atoms with E-state index in [2.05, 4.69) is 4.98 Å². The first-order valence-electron chi connectivity index (χ1n) is 9.14. The first-order chi connectivity index (χ1) is 14.1. The van der Waals surface area contributed by atoms with Crippen molar-refractivity contribution >= 4 is 16.9 Å². The van der Waals surface area contributed by atoms with Gasteiger partial charge in [-0.15, -0.1) is 0 Å². The van der Waals surface area contributed by atoms with Crippen LogP contribution in [-0.2, 0) is 6.54 Å². The largest absolute Gasteiger partial charge is 0.450 e. The summed E-state index contributed by atoms with van der Waals surface area (Å²) in [4.78, 5) is 32.3. The van der Waals surface area contributed by atoms with E-state index >= 15 is 0 Å². The molecule has 0 unspecified atom stereocenters. The molecule has 0 N–H and O–H groups in total. The summed E-state index contributed by atoms with van der Waals surface area (Å²) in [6.07, 6.45) is 3.25. The summed E-state index contributed by atoms with van der Waals surface area (Å²) in [6.45, 7) is 0.299. The van der Waals surface area contributed by atoms with Gasteiger partial charge in [-0.05, 0) is 35.4 Å². The lowest BCUT2D eigenvalue weighted by Crippen LogP contribution is -2.29. The van der Waals surface area contributed by atoms with Gasteiger partial charge in [-0.3, -0.25) is 14.6 Å². The summed E-state index contributed by atoms with van der Waals surface area (Å²) in [5.41, 5.74) is 1.62. The Labute approximate surface area is 165 Å². The number of halogens is 1. The van der Waals surface area contributed by atoms with E-state index in [1.54, 1.807) is 23.4 Å². The maximum absolute atomic E-state index is 13.8. The SMILES string of the molecule is O=C1c2oc3ccc(F)cc3c(=O)c2[C@H](c2cccnc2)N1Cc1ccccc1. The van der Waals surface area contributed by atoms with Gasteiger partial charge in [0.2, 0.25) is 5.76 Å². The number of hydrogen-bond acceptors (Lipinski definition) is 4. The summed E-state index contributed by atoms with van der Waals surface area (Å²) in [6, 6.07) is 16.1. The van der Waals surface area contributed by atoms with Crippen LogP contribution in [0.5, 0.6) is 0 Å². The lowest BCUT2D eigenvalue weighted by Gasteiger charge is -2.25. The van der Waals surface area contributed by atoms with Crippen molar-refractivity contribution in [3.63, 3.8) is 0 Å². The van der Waals surface area contributed by atoms with Crippen molar-refractivity contribution in [3.05, 3.63) is 112 Å². The average molecular weight is 386 g/mol. The van der Waals surface area contributed by atoms with E-state index in [0.717, 1.165) is 11.6 Å². The van der Waals surface area contributed by atoms with E-state index in [-0.39, 0.29) is 28.2 Å². The number of carbonyl (C=O) groups excluding carboxylic acids is 1. The Kier molecular flexibility index (Phi) is 3.98. The zero-order valence-corrected chi connectivity index (χ0v) is 15.2. The molecule has 29 heavy (non-hydrogen) atoms. The first-order valence-corrected chi connectivity index (χ1v) is 9.14. The molecule has 0 bridgehead atoms. The van der Waals surface area contributed by atoms with Crippen LogP contribution >= 0.6 is 0 Å². The molecule has 0 spiro atoms. The number of amides is 1. The second kappa shape index (κ2) is 6.67. The number of carbonyl (C=O) groups is 1. The van der Waals surface area contributed by atoms with Gasteiger partial charge in [-0.2, -0.15) is 0 Å². The summed E-state index contributed by atoms with van der Waals surface area (Å²) in [7, 11) is 0. The fourth-order valence-corrected chi connectivity index (χ4v) is 3.82. The van der Waals surface area contributed by atoms with Crippen LogP contribution in [0.15, 0.2) is 82.3 Å². The quantitative estimate of drug-likeness (QED) is 0.532. The van der Waals surface area contributed by atoms with Crippen molar-refractivity contribution in [2.24, 2.45) is 0 Å². The molecule has 5 rings (SSSR count). The second-order valence-electron chi connectivity index (χ2n) is 6.92. The molecule has 2 aromatic heterocycles. The Morgan fingerprint density at radius 1 is 1.03 bits per heavy atom. The first kappa shape index (κ1) is 17.3. The van der Waals surface area contributed by atoms with Crippen LogP contribution < -0.4 is 5.43 Å². The number of benzene rings is 2. The molecule has 1 amide bonds. The molecule has 3 heterocycles. The van der Waals surface area contributed by atoms with Gasteiger partial charge in [-0.25, -0.2) is 4.39 Å². The number of hydrogen-bond donors (Lipinski definition) is 0. The fraction of sp³-hybridized carbons (Fsp3) is 0.0870. The smallest absolute Gasteiger partial charge is 0.291 e. The molecular weight excluding hydrogens is 371 g/mol. The standard InChI is InChI=1S/C23H15FN2O3/c24-16-8-9-18-17(11-16)21(27)19-20(15-7-4-10-25-12-15)26(23(28)22(19)29-18)13-14-5-2-1-3-6-14/h1-12,20H,13H2/t20-/m0/s1. The lowest BCUT2D eigenvalue weighted by molar-refractivity contribution is 0.0714. The van der Waals surface area contributed by atoms with E-state index in [1.807, 2.05) is 36.4 Å². The second-order valence-corrected chi connectivity index (χ2v) is 6.92. The van der Waals surface area contributed by atoms with E-state index in [1.165, 1.54) is 12.1 Å². The highest BCUT2D eigenvalue weighted by Crippen LogP contribution is 2.38. The Balaban J connectivity index is 1.74. The Bertz CT molecular complexity index is 1290. The minimum atomic E-state index is -0.657. The van der Waals surface area contributed by atoms with Gasteiger partial charge in [0, 0.05) is 18.9 Å². The van der Waals surface area contributed by atoms with Crippen molar-refractivity contribution in [1.82, 2.24) is 9.88 Å². The molecule has 1 atom stereocenters. The van der Waals surface area contributed by atoms with Gasteiger partial charge in [0.15, 0.2) is 5.43 Å². The van der Waals surface area contributed by atoms with Gasteiger partial charge in [0.05, 0.1) is 17.0 Å². The predicted molar refractivity (Wildman–Crippen MR) is 105 cm³/mol. The molecule has 142 valence electrons. The van der Waals surface area contributed by atoms with E-state index in [0.29, 0.717) is 12.1 Å². The number of pyridine rings is 1. The highest BCUT2D eigenvalue weighted by molar-refractivity contribution is 5.99. The molecular formula is C23H15FN2O3. The predicted octanol–water partition coefficient (Wildman–Crippen LogP) is 4.07. The average Bonchev–Trinajstić information content (AvgIpc) is 3.02. The monoisotopic (exact) mass is 386 g/mol. The van der Waals surface area contributed by atoms with Gasteiger partial charge in [0.1, 0.15) is 11.4 Å². The topological polar surface area (TPSA) is 63.4 Å². The van der Waals surface area contributed by atoms with Crippen molar-refractivity contribution in [2.75, 3.05) is 0 Å². The van der Waals surface area contributed by atoms with E-state index in [4.69, 9.17) is 4.42 Å². The minimum absolute atomic E-state index is 0.00103. The number of rotatable bonds is 3. The van der Waals surface area contributed by atoms with Crippen LogP contribution in [0.2, 0.25) is 0 Å². The van der Waals surface area contributed by atoms with Crippen LogP contribution in [0.4, 0.5) is 4.39 Å². The molecule has 0 aliphatic carbocycles. The maximum atomic E-state index is 13.8. The number of fused-ring (bicyclic) bond motifs is 2. The van der Waals surface area contributed by atoms with Crippen LogP contribution in [0.1, 0.15) is 33.3 Å². The Morgan fingerprint density at radius 2 is 1.86 bits per heavy atom. The molecule has 6 heteroatoms. The summed E-state index contributed by atoms with van der Waals surface area (Å²) in [5.74, 6) is -0.909. The molecule has 2 aromatic carbocycles. The van der Waals surface area contributed by atoms with Crippen LogP contribution in [0.3, 0.4) is 0 Å². The Hall–Kier alpha value is -3.80. The zero-order valence-electron chi connectivity index (χ0n) is 15.2. The van der Waals surface area contributed by atoms with Gasteiger partial charge in [0.25, 0.3) is 5.91 Å². The third-order valence-corrected chi connectivity index (χ3v) is 5.12. The number of aromatic nitrogens is 1. The molecule has 0 saturated heterocycles. The van der Waals surface area contributed by atoms with Gasteiger partial charge >= 0.3 is 0 Å². The summed E-state index contributed by atoms with van der Waals surface area (Å²) < 4.78 is 19.6. The van der Waals surface area contributed by atoms with Gasteiger partial charge in [-0.1, -0.05) is 36.4 Å². The van der Waals surface area contributed by atoms with Crippen molar-refractivity contribution < 1.29 is 13.6 Å². The molecule has 0 fully saturated rings. The number of nitrogens with zero attached hydrogens (tertiary/aromatic N) is 2. The van der Waals surface area contributed by atoms with Gasteiger partial charge < -0.3 is 9.32 Å². The summed E-state index contributed by atoms with van der Waals surface area (Å²) in [5, 5.41) is 0.118. The van der Waals surface area contributed by atoms with Crippen LogP contribution in [0.25, 0.3) is 11.0 Å². The third-order valence-electron chi connectivity index (χ3n) is 5.12. The lowest BCUT2D eigenvalue weighted by atomic mass is 9.99. The fourth-order valence-electron chi connectivity index (χ4n) is 3.82. The Morgan fingerprint density at radius 3 is 2.62 bits per heavy atom. The summed E-state index contributed by atoms with van der Waals surface area (Å²) >= 11 is 0. The van der Waals surface area contributed by atoms with Crippen molar-refractivity contribution in [2.45, 2.75) is 12.6 Å². The molecule has 4 aromatic rings. The van der Waals surface area contributed by atoms with E-state index < -0.39 is 17.3 Å². The molecule has 0 radical (unpaired) electrons. The highest BCUT2D eigenvalue weighted by Gasteiger charge is 2.42. The van der Waals surface area contributed by atoms with Crippen LogP contribution in [-0.4, -0.2) is 15.8 Å².